The largest absolute Gasteiger partial charge is 0.441 e. The van der Waals surface area contributed by atoms with Crippen molar-refractivity contribution in [3.05, 3.63) is 48.6 Å². The summed E-state index contributed by atoms with van der Waals surface area (Å²) in [5.74, 6) is 0. The van der Waals surface area contributed by atoms with E-state index in [-0.39, 0.29) is 6.10 Å². The summed E-state index contributed by atoms with van der Waals surface area (Å²) >= 11 is 0. The molecule has 1 N–H and O–H groups in total. The van der Waals surface area contributed by atoms with Gasteiger partial charge in [-0.3, -0.25) is 0 Å². The molecule has 3 saturated heterocycles. The first-order valence-corrected chi connectivity index (χ1v) is 7.93. The summed E-state index contributed by atoms with van der Waals surface area (Å²) in [6.45, 7) is 4.27. The first-order chi connectivity index (χ1) is 11.8. The summed E-state index contributed by atoms with van der Waals surface area (Å²) in [5.41, 5.74) is 0.912. The van der Waals surface area contributed by atoms with E-state index < -0.39 is 36.9 Å². The summed E-state index contributed by atoms with van der Waals surface area (Å²) < 4.78 is 28.8. The fraction of sp³-hybridized carbons (Fsp3) is 0.471. The highest BCUT2D eigenvalue weighted by Gasteiger charge is 2.55. The minimum Gasteiger partial charge on any atom is -0.441 e. The Morgan fingerprint density at radius 3 is 2.88 bits per heavy atom. The molecule has 3 heterocycles. The number of nitrogens with one attached hydrogen (secondary N) is 1. The number of fused-ring (bicyclic) bond motifs is 3. The molecule has 7 nitrogen and oxygen atoms in total. The van der Waals surface area contributed by atoms with Gasteiger partial charge in [0.05, 0.1) is 13.2 Å². The molecular formula is C17H19NO6. The molecule has 3 aliphatic rings. The highest BCUT2D eigenvalue weighted by molar-refractivity contribution is 5.70. The smallest absolute Gasteiger partial charge is 0.408 e. The van der Waals surface area contributed by atoms with Gasteiger partial charge in [0.1, 0.15) is 18.2 Å². The van der Waals surface area contributed by atoms with E-state index in [0.29, 0.717) is 13.2 Å². The predicted molar refractivity (Wildman–Crippen MR) is 82.0 cm³/mol. The van der Waals surface area contributed by atoms with Crippen molar-refractivity contribution in [1.29, 1.82) is 0 Å². The zero-order valence-electron chi connectivity index (χ0n) is 13.0. The summed E-state index contributed by atoms with van der Waals surface area (Å²) in [6.07, 6.45) is -1.27. The second kappa shape index (κ2) is 6.52. The first-order valence-electron chi connectivity index (χ1n) is 7.93. The van der Waals surface area contributed by atoms with Crippen molar-refractivity contribution in [1.82, 2.24) is 5.32 Å². The SMILES string of the molecule is C=CCO[C@H]1O[C@@H]2COC(c3ccccc3)O[C@H]2[C@@H]2OC(=O)N[C@@H]12. The highest BCUT2D eigenvalue weighted by Crippen LogP contribution is 2.37. The third-order valence-corrected chi connectivity index (χ3v) is 4.32. The van der Waals surface area contributed by atoms with Crippen molar-refractivity contribution < 1.29 is 28.5 Å². The summed E-state index contributed by atoms with van der Waals surface area (Å²) in [5, 5.41) is 2.74. The van der Waals surface area contributed by atoms with E-state index in [1.165, 1.54) is 0 Å². The van der Waals surface area contributed by atoms with Crippen LogP contribution in [0.1, 0.15) is 11.9 Å². The normalized spacial score (nSPS) is 37.8. The van der Waals surface area contributed by atoms with Crippen LogP contribution >= 0.6 is 0 Å². The third kappa shape index (κ3) is 2.80. The van der Waals surface area contributed by atoms with E-state index in [0.717, 1.165) is 5.56 Å². The van der Waals surface area contributed by atoms with E-state index in [4.69, 9.17) is 23.7 Å². The second-order valence-corrected chi connectivity index (χ2v) is 5.88. The molecule has 4 rings (SSSR count). The second-order valence-electron chi connectivity index (χ2n) is 5.88. The Morgan fingerprint density at radius 2 is 2.08 bits per heavy atom. The molecule has 0 aliphatic carbocycles. The molecular weight excluding hydrogens is 314 g/mol. The zero-order chi connectivity index (χ0) is 16.5. The Kier molecular flexibility index (Phi) is 4.24. The van der Waals surface area contributed by atoms with Crippen molar-refractivity contribution in [2.24, 2.45) is 0 Å². The molecule has 0 aromatic heterocycles. The molecule has 3 fully saturated rings. The lowest BCUT2D eigenvalue weighted by atomic mass is 9.96. The lowest BCUT2D eigenvalue weighted by molar-refractivity contribution is -0.336. The van der Waals surface area contributed by atoms with Crippen molar-refractivity contribution in [3.63, 3.8) is 0 Å². The molecule has 1 amide bonds. The molecule has 1 aromatic rings. The fourth-order valence-corrected chi connectivity index (χ4v) is 3.24. The summed E-state index contributed by atoms with van der Waals surface area (Å²) in [4.78, 5) is 11.7. The number of hydrogen-bond donors (Lipinski definition) is 1. The van der Waals surface area contributed by atoms with Crippen LogP contribution in [-0.2, 0) is 23.7 Å². The highest BCUT2D eigenvalue weighted by atomic mass is 16.8. The maximum absolute atomic E-state index is 11.7. The Bertz CT molecular complexity index is 608. The topological polar surface area (TPSA) is 75.2 Å². The lowest BCUT2D eigenvalue weighted by Gasteiger charge is -2.45. The molecule has 1 unspecified atom stereocenters. The van der Waals surface area contributed by atoms with Crippen molar-refractivity contribution in [2.45, 2.75) is 36.9 Å². The monoisotopic (exact) mass is 333 g/mol. The molecule has 0 radical (unpaired) electrons. The van der Waals surface area contributed by atoms with Crippen LogP contribution < -0.4 is 5.32 Å². The maximum atomic E-state index is 11.7. The fourth-order valence-electron chi connectivity index (χ4n) is 3.24. The molecule has 0 saturated carbocycles. The average Bonchev–Trinajstić information content (AvgIpc) is 3.02. The molecule has 1 aromatic carbocycles. The minimum atomic E-state index is -0.624. The van der Waals surface area contributed by atoms with Gasteiger partial charge >= 0.3 is 6.09 Å². The van der Waals surface area contributed by atoms with Gasteiger partial charge in [0.25, 0.3) is 0 Å². The van der Waals surface area contributed by atoms with Gasteiger partial charge in [0.15, 0.2) is 18.7 Å². The van der Waals surface area contributed by atoms with Crippen LogP contribution in [0.15, 0.2) is 43.0 Å². The van der Waals surface area contributed by atoms with E-state index in [2.05, 4.69) is 11.9 Å². The van der Waals surface area contributed by atoms with Crippen molar-refractivity contribution >= 4 is 6.09 Å². The number of carbonyl (C=O) groups excluding carboxylic acids is 1. The number of benzene rings is 1. The van der Waals surface area contributed by atoms with Crippen LogP contribution in [0.5, 0.6) is 0 Å². The molecule has 7 heteroatoms. The molecule has 6 atom stereocenters. The van der Waals surface area contributed by atoms with Gasteiger partial charge in [-0.05, 0) is 0 Å². The van der Waals surface area contributed by atoms with Crippen LogP contribution in [0.3, 0.4) is 0 Å². The maximum Gasteiger partial charge on any atom is 0.408 e. The molecule has 0 bridgehead atoms. The number of amides is 1. The molecule has 128 valence electrons. The molecule has 0 spiro atoms. The van der Waals surface area contributed by atoms with E-state index in [1.807, 2.05) is 30.3 Å². The summed E-state index contributed by atoms with van der Waals surface area (Å²) in [6, 6.07) is 9.21. The number of hydrogen-bond acceptors (Lipinski definition) is 6. The quantitative estimate of drug-likeness (QED) is 0.842. The van der Waals surface area contributed by atoms with E-state index >= 15 is 0 Å². The Hall–Kier alpha value is -1.93. The van der Waals surface area contributed by atoms with Crippen molar-refractivity contribution in [2.75, 3.05) is 13.2 Å². The van der Waals surface area contributed by atoms with Gasteiger partial charge in [0, 0.05) is 5.56 Å². The Balaban J connectivity index is 1.53. The Labute approximate surface area is 139 Å². The Morgan fingerprint density at radius 1 is 1.25 bits per heavy atom. The number of ether oxygens (including phenoxy) is 5. The van der Waals surface area contributed by atoms with Crippen LogP contribution in [0.4, 0.5) is 4.79 Å². The molecule has 24 heavy (non-hydrogen) atoms. The van der Waals surface area contributed by atoms with Gasteiger partial charge in [-0.2, -0.15) is 0 Å². The van der Waals surface area contributed by atoms with Crippen molar-refractivity contribution in [3.8, 4) is 0 Å². The van der Waals surface area contributed by atoms with Gasteiger partial charge in [0.2, 0.25) is 0 Å². The van der Waals surface area contributed by atoms with Gasteiger partial charge in [-0.25, -0.2) is 4.79 Å². The average molecular weight is 333 g/mol. The third-order valence-electron chi connectivity index (χ3n) is 4.32. The number of alkyl carbamates (subject to hydrolysis) is 1. The zero-order valence-corrected chi connectivity index (χ0v) is 13.0. The minimum absolute atomic E-state index is 0.315. The molecule has 3 aliphatic heterocycles. The predicted octanol–water partition coefficient (Wildman–Crippen LogP) is 1.51. The summed E-state index contributed by atoms with van der Waals surface area (Å²) in [7, 11) is 0. The first kappa shape index (κ1) is 15.6. The lowest BCUT2D eigenvalue weighted by Crippen LogP contribution is -2.63. The van der Waals surface area contributed by atoms with Crippen LogP contribution in [-0.4, -0.2) is 50.0 Å². The van der Waals surface area contributed by atoms with E-state index in [9.17, 15) is 4.79 Å². The number of rotatable bonds is 4. The van der Waals surface area contributed by atoms with Crippen LogP contribution in [0.25, 0.3) is 0 Å². The number of carbonyl (C=O) groups is 1. The van der Waals surface area contributed by atoms with Crippen LogP contribution in [0.2, 0.25) is 0 Å². The van der Waals surface area contributed by atoms with Crippen LogP contribution in [0, 0.1) is 0 Å². The standard InChI is InChI=1S/C17H19NO6/c1-2-8-20-16-12-14(24-17(19)18-12)13-11(22-16)9-21-15(23-13)10-6-4-3-5-7-10/h2-7,11-16H,1,8-9H2,(H,18,19)/t11-,12-,13-,14-,15?,16+/m1/s1. The van der Waals surface area contributed by atoms with E-state index in [1.54, 1.807) is 6.08 Å². The van der Waals surface area contributed by atoms with Gasteiger partial charge in [-0.1, -0.05) is 36.4 Å². The van der Waals surface area contributed by atoms with Gasteiger partial charge in [-0.15, -0.1) is 6.58 Å². The van der Waals surface area contributed by atoms with Gasteiger partial charge < -0.3 is 29.0 Å².